The summed E-state index contributed by atoms with van der Waals surface area (Å²) in [5.41, 5.74) is 4.45. The molecule has 0 N–H and O–H groups in total. The molecular formula is C27H29N5O. The Morgan fingerprint density at radius 2 is 1.55 bits per heavy atom. The fraction of sp³-hybridized carbons (Fsp3) is 0.333. The molecule has 0 unspecified atom stereocenters. The molecule has 0 spiro atoms. The van der Waals surface area contributed by atoms with Crippen molar-refractivity contribution in [3.05, 3.63) is 72.9 Å². The minimum atomic E-state index is 0.0327. The lowest BCUT2D eigenvalue weighted by Gasteiger charge is -2.40. The molecule has 6 heteroatoms. The molecule has 168 valence electrons. The van der Waals surface area contributed by atoms with Crippen molar-refractivity contribution in [1.82, 2.24) is 14.3 Å². The average molecular weight is 440 g/mol. The minimum absolute atomic E-state index is 0.0327. The predicted molar refractivity (Wildman–Crippen MR) is 133 cm³/mol. The molecular weight excluding hydrogens is 410 g/mol. The number of rotatable bonds is 3. The lowest BCUT2D eigenvalue weighted by atomic mass is 9.96. The Hall–Kier alpha value is -3.54. The molecule has 2 saturated heterocycles. The Bertz CT molecular complexity index is 1280. The van der Waals surface area contributed by atoms with Crippen molar-refractivity contribution in [3.8, 4) is 0 Å². The van der Waals surface area contributed by atoms with Crippen molar-refractivity contribution in [2.24, 2.45) is 5.92 Å². The highest BCUT2D eigenvalue weighted by atomic mass is 16.2. The minimum Gasteiger partial charge on any atom is -0.368 e. The molecule has 0 aliphatic carbocycles. The Labute approximate surface area is 194 Å². The van der Waals surface area contributed by atoms with Gasteiger partial charge in [0.1, 0.15) is 0 Å². The van der Waals surface area contributed by atoms with E-state index in [-0.39, 0.29) is 5.92 Å². The molecule has 2 fully saturated rings. The van der Waals surface area contributed by atoms with Crippen LogP contribution in [0.5, 0.6) is 0 Å². The van der Waals surface area contributed by atoms with Crippen LogP contribution in [0, 0.1) is 5.92 Å². The molecule has 33 heavy (non-hydrogen) atoms. The number of piperazine rings is 1. The van der Waals surface area contributed by atoms with E-state index in [1.807, 2.05) is 12.1 Å². The molecule has 4 aromatic rings. The predicted octanol–water partition coefficient (Wildman–Crippen LogP) is 4.05. The highest BCUT2D eigenvalue weighted by molar-refractivity contribution is 5.86. The first-order chi connectivity index (χ1) is 16.3. The molecule has 6 nitrogen and oxygen atoms in total. The maximum absolute atomic E-state index is 13.5. The summed E-state index contributed by atoms with van der Waals surface area (Å²) in [7, 11) is 0. The summed E-state index contributed by atoms with van der Waals surface area (Å²) >= 11 is 0. The average Bonchev–Trinajstić information content (AvgIpc) is 3.39. The number of benzene rings is 2. The van der Waals surface area contributed by atoms with E-state index >= 15 is 0 Å². The second-order valence-electron chi connectivity index (χ2n) is 9.12. The Morgan fingerprint density at radius 3 is 2.39 bits per heavy atom. The maximum atomic E-state index is 13.5. The van der Waals surface area contributed by atoms with E-state index in [4.69, 9.17) is 4.98 Å². The van der Waals surface area contributed by atoms with Crippen LogP contribution >= 0.6 is 0 Å². The number of carbonyl (C=O) groups excluding carboxylic acids is 1. The van der Waals surface area contributed by atoms with E-state index in [0.29, 0.717) is 5.91 Å². The first-order valence-corrected chi connectivity index (χ1v) is 12.0. The zero-order valence-corrected chi connectivity index (χ0v) is 18.8. The van der Waals surface area contributed by atoms with Gasteiger partial charge in [-0.15, -0.1) is 0 Å². The quantitative estimate of drug-likeness (QED) is 0.483. The first-order valence-electron chi connectivity index (χ1n) is 12.0. The number of anilines is 2. The Kier molecular flexibility index (Phi) is 5.13. The largest absolute Gasteiger partial charge is 0.368 e. The van der Waals surface area contributed by atoms with Crippen LogP contribution in [0.1, 0.15) is 12.8 Å². The van der Waals surface area contributed by atoms with E-state index in [2.05, 4.69) is 79.9 Å². The van der Waals surface area contributed by atoms with Crippen molar-refractivity contribution >= 4 is 34.0 Å². The normalized spacial score (nSPS) is 19.4. The number of carbonyl (C=O) groups is 1. The zero-order chi connectivity index (χ0) is 22.2. The van der Waals surface area contributed by atoms with Crippen molar-refractivity contribution in [3.63, 3.8) is 0 Å². The molecule has 2 aromatic heterocycles. The van der Waals surface area contributed by atoms with Gasteiger partial charge >= 0.3 is 0 Å². The van der Waals surface area contributed by atoms with Crippen molar-refractivity contribution < 1.29 is 4.79 Å². The third-order valence-corrected chi connectivity index (χ3v) is 7.13. The van der Waals surface area contributed by atoms with Crippen LogP contribution in [0.15, 0.2) is 72.9 Å². The summed E-state index contributed by atoms with van der Waals surface area (Å²) in [4.78, 5) is 25.3. The standard InChI is InChI=1S/C27H29N5O/c33-27(30-18-16-29(17-19-30)22-9-2-1-3-10-22)21-8-6-14-31(20-21)26-25-13-7-15-32(25)24-12-5-4-11-23(24)28-26/h1-5,7,9-13,15,21H,6,8,14,16-20H2/t21-/m0/s1. The number of amides is 1. The topological polar surface area (TPSA) is 44.1 Å². The highest BCUT2D eigenvalue weighted by Gasteiger charge is 2.32. The van der Waals surface area contributed by atoms with Crippen LogP contribution in [0.2, 0.25) is 0 Å². The first kappa shape index (κ1) is 20.1. The molecule has 2 aliphatic rings. The van der Waals surface area contributed by atoms with E-state index in [1.165, 1.54) is 5.69 Å². The fourth-order valence-corrected chi connectivity index (χ4v) is 5.39. The van der Waals surface area contributed by atoms with E-state index in [1.54, 1.807) is 0 Å². The van der Waals surface area contributed by atoms with Gasteiger partial charge in [-0.2, -0.15) is 0 Å². The summed E-state index contributed by atoms with van der Waals surface area (Å²) in [5.74, 6) is 1.33. The molecule has 1 amide bonds. The summed E-state index contributed by atoms with van der Waals surface area (Å²) in [6, 6.07) is 23.0. The number of hydrogen-bond acceptors (Lipinski definition) is 4. The van der Waals surface area contributed by atoms with Crippen LogP contribution in [0.4, 0.5) is 11.5 Å². The van der Waals surface area contributed by atoms with E-state index in [9.17, 15) is 4.79 Å². The lowest BCUT2D eigenvalue weighted by Crippen LogP contribution is -2.52. The van der Waals surface area contributed by atoms with Crippen LogP contribution in [0.25, 0.3) is 16.6 Å². The summed E-state index contributed by atoms with van der Waals surface area (Å²) < 4.78 is 2.21. The van der Waals surface area contributed by atoms with Gasteiger partial charge in [-0.05, 0) is 49.2 Å². The molecule has 2 aliphatic heterocycles. The monoisotopic (exact) mass is 439 g/mol. The van der Waals surface area contributed by atoms with Crippen LogP contribution in [0.3, 0.4) is 0 Å². The third kappa shape index (κ3) is 3.69. The van der Waals surface area contributed by atoms with Gasteiger partial charge in [0, 0.05) is 51.2 Å². The van der Waals surface area contributed by atoms with E-state index in [0.717, 1.165) is 74.5 Å². The molecule has 6 rings (SSSR count). The summed E-state index contributed by atoms with van der Waals surface area (Å²) in [6.45, 7) is 5.05. The molecule has 0 saturated carbocycles. The van der Waals surface area contributed by atoms with Crippen molar-refractivity contribution in [2.45, 2.75) is 12.8 Å². The molecule has 4 heterocycles. The third-order valence-electron chi connectivity index (χ3n) is 7.13. The van der Waals surface area contributed by atoms with Crippen LogP contribution in [-0.2, 0) is 4.79 Å². The number of hydrogen-bond donors (Lipinski definition) is 0. The second-order valence-corrected chi connectivity index (χ2v) is 9.12. The van der Waals surface area contributed by atoms with Gasteiger partial charge in [0.25, 0.3) is 0 Å². The SMILES string of the molecule is O=C([C@H]1CCCN(c2nc3ccccc3n3cccc23)C1)N1CCN(c2ccccc2)CC1. The van der Waals surface area contributed by atoms with Crippen LogP contribution < -0.4 is 9.80 Å². The van der Waals surface area contributed by atoms with Gasteiger partial charge in [-0.1, -0.05) is 30.3 Å². The number of nitrogens with zero attached hydrogens (tertiary/aromatic N) is 5. The van der Waals surface area contributed by atoms with Gasteiger partial charge in [-0.25, -0.2) is 4.98 Å². The van der Waals surface area contributed by atoms with Gasteiger partial charge in [0.05, 0.1) is 22.5 Å². The van der Waals surface area contributed by atoms with Gasteiger partial charge < -0.3 is 19.1 Å². The van der Waals surface area contributed by atoms with Crippen LogP contribution in [-0.4, -0.2) is 59.5 Å². The van der Waals surface area contributed by atoms with Gasteiger partial charge in [-0.3, -0.25) is 4.79 Å². The van der Waals surface area contributed by atoms with Crippen molar-refractivity contribution in [2.75, 3.05) is 49.1 Å². The highest BCUT2D eigenvalue weighted by Crippen LogP contribution is 2.30. The van der Waals surface area contributed by atoms with Gasteiger partial charge in [0.2, 0.25) is 5.91 Å². The lowest BCUT2D eigenvalue weighted by molar-refractivity contribution is -0.136. The number of fused-ring (bicyclic) bond motifs is 3. The molecule has 2 aromatic carbocycles. The Morgan fingerprint density at radius 1 is 0.788 bits per heavy atom. The Balaban J connectivity index is 1.19. The second kappa shape index (κ2) is 8.43. The van der Waals surface area contributed by atoms with Crippen molar-refractivity contribution in [1.29, 1.82) is 0 Å². The fourth-order valence-electron chi connectivity index (χ4n) is 5.39. The van der Waals surface area contributed by atoms with E-state index < -0.39 is 0 Å². The molecule has 1 atom stereocenters. The summed E-state index contributed by atoms with van der Waals surface area (Å²) in [6.07, 6.45) is 4.07. The number of aromatic nitrogens is 2. The number of piperidine rings is 1. The molecule has 0 bridgehead atoms. The smallest absolute Gasteiger partial charge is 0.227 e. The number of para-hydroxylation sites is 3. The molecule has 0 radical (unpaired) electrons. The summed E-state index contributed by atoms with van der Waals surface area (Å²) in [5, 5.41) is 0. The zero-order valence-electron chi connectivity index (χ0n) is 18.8. The maximum Gasteiger partial charge on any atom is 0.227 e. The van der Waals surface area contributed by atoms with Gasteiger partial charge in [0.15, 0.2) is 5.82 Å².